The predicted molar refractivity (Wildman–Crippen MR) is 62.5 cm³/mol. The van der Waals surface area contributed by atoms with Gasteiger partial charge in [0, 0.05) is 10.6 Å². The molecule has 1 rings (SSSR count). The molecule has 0 aliphatic rings. The summed E-state index contributed by atoms with van der Waals surface area (Å²) in [5.41, 5.74) is 5.21. The molecule has 1 aromatic rings. The Morgan fingerprint density at radius 3 is 2.53 bits per heavy atom. The molecular weight excluding hydrogens is 269 g/mol. The van der Waals surface area contributed by atoms with Crippen molar-refractivity contribution in [3.05, 3.63) is 27.7 Å². The smallest absolute Gasteiger partial charge is 0.307 e. The maximum absolute atomic E-state index is 10.6. The van der Waals surface area contributed by atoms with Gasteiger partial charge in [-0.25, -0.2) is 0 Å². The molecule has 0 fully saturated rings. The molecule has 0 radical (unpaired) electrons. The number of aliphatic carboxylic acids is 1. The first-order valence-electron chi connectivity index (χ1n) is 4.51. The number of carbonyl (C=O) groups excluding carboxylic acids is 1. The molecule has 0 aliphatic heterocycles. The van der Waals surface area contributed by atoms with Crippen LogP contribution in [-0.2, 0) is 16.0 Å². The van der Waals surface area contributed by atoms with E-state index in [-0.39, 0.29) is 34.4 Å². The summed E-state index contributed by atoms with van der Waals surface area (Å²) < 4.78 is 5.06. The number of hydrogen-bond donors (Lipinski definition) is 2. The van der Waals surface area contributed by atoms with Crippen molar-refractivity contribution in [1.82, 2.24) is 0 Å². The lowest BCUT2D eigenvalue weighted by atomic mass is 10.1. The van der Waals surface area contributed by atoms with E-state index in [1.807, 2.05) is 0 Å². The van der Waals surface area contributed by atoms with Crippen LogP contribution in [0.25, 0.3) is 0 Å². The fourth-order valence-electron chi connectivity index (χ4n) is 1.21. The summed E-state index contributed by atoms with van der Waals surface area (Å²) in [7, 11) is 0. The van der Waals surface area contributed by atoms with Gasteiger partial charge in [0.25, 0.3) is 5.91 Å². The Bertz CT molecular complexity index is 462. The first-order chi connectivity index (χ1) is 7.90. The number of amides is 1. The minimum atomic E-state index is -1.06. The lowest BCUT2D eigenvalue weighted by molar-refractivity contribution is -0.136. The molecule has 0 unspecified atom stereocenters. The lowest BCUT2D eigenvalue weighted by Crippen LogP contribution is -2.20. The molecule has 0 saturated carbocycles. The summed E-state index contributed by atoms with van der Waals surface area (Å²) in [6, 6.07) is 2.81. The van der Waals surface area contributed by atoms with E-state index in [0.717, 1.165) is 0 Å². The molecule has 1 amide bonds. The average Bonchev–Trinajstić information content (AvgIpc) is 2.14. The SMILES string of the molecule is NC(=O)COc1c(Cl)cc(Cl)cc1CC(=O)O. The quantitative estimate of drug-likeness (QED) is 0.853. The van der Waals surface area contributed by atoms with Crippen LogP contribution in [0.5, 0.6) is 5.75 Å². The fraction of sp³-hybridized carbons (Fsp3) is 0.200. The van der Waals surface area contributed by atoms with Gasteiger partial charge in [0.2, 0.25) is 0 Å². The minimum absolute atomic E-state index is 0.109. The highest BCUT2D eigenvalue weighted by atomic mass is 35.5. The molecule has 3 N–H and O–H groups in total. The average molecular weight is 278 g/mol. The Morgan fingerprint density at radius 1 is 1.35 bits per heavy atom. The zero-order chi connectivity index (χ0) is 13.0. The van der Waals surface area contributed by atoms with E-state index in [2.05, 4.69) is 0 Å². The van der Waals surface area contributed by atoms with Crippen molar-refractivity contribution in [2.45, 2.75) is 6.42 Å². The first kappa shape index (κ1) is 13.6. The van der Waals surface area contributed by atoms with Gasteiger partial charge in [-0.05, 0) is 12.1 Å². The Balaban J connectivity index is 3.06. The molecule has 5 nitrogen and oxygen atoms in total. The number of carbonyl (C=O) groups is 2. The topological polar surface area (TPSA) is 89.6 Å². The minimum Gasteiger partial charge on any atom is -0.482 e. The fourth-order valence-corrected chi connectivity index (χ4v) is 1.80. The number of rotatable bonds is 5. The second-order valence-electron chi connectivity index (χ2n) is 3.20. The molecule has 0 heterocycles. The number of benzene rings is 1. The molecule has 7 heteroatoms. The number of carboxylic acid groups (broad SMARTS) is 1. The van der Waals surface area contributed by atoms with Crippen LogP contribution in [-0.4, -0.2) is 23.6 Å². The van der Waals surface area contributed by atoms with Gasteiger partial charge in [-0.1, -0.05) is 23.2 Å². The molecule has 0 aromatic heterocycles. The molecular formula is C10H9Cl2NO4. The molecule has 17 heavy (non-hydrogen) atoms. The largest absolute Gasteiger partial charge is 0.482 e. The molecule has 1 aromatic carbocycles. The third-order valence-electron chi connectivity index (χ3n) is 1.79. The van der Waals surface area contributed by atoms with Gasteiger partial charge in [0.1, 0.15) is 5.75 Å². The summed E-state index contributed by atoms with van der Waals surface area (Å²) in [5, 5.41) is 9.14. The summed E-state index contributed by atoms with van der Waals surface area (Å²) >= 11 is 11.6. The van der Waals surface area contributed by atoms with E-state index in [1.54, 1.807) is 0 Å². The number of primary amides is 1. The van der Waals surface area contributed by atoms with Gasteiger partial charge in [0.15, 0.2) is 6.61 Å². The van der Waals surface area contributed by atoms with E-state index in [1.165, 1.54) is 12.1 Å². The second kappa shape index (κ2) is 5.75. The van der Waals surface area contributed by atoms with Crippen molar-refractivity contribution in [3.8, 4) is 5.75 Å². The van der Waals surface area contributed by atoms with Gasteiger partial charge < -0.3 is 15.6 Å². The van der Waals surface area contributed by atoms with E-state index >= 15 is 0 Å². The van der Waals surface area contributed by atoms with Crippen molar-refractivity contribution in [2.75, 3.05) is 6.61 Å². The highest BCUT2D eigenvalue weighted by Gasteiger charge is 2.14. The summed E-state index contributed by atoms with van der Waals surface area (Å²) in [6.07, 6.45) is -0.311. The lowest BCUT2D eigenvalue weighted by Gasteiger charge is -2.11. The summed E-state index contributed by atoms with van der Waals surface area (Å²) in [6.45, 7) is -0.381. The van der Waals surface area contributed by atoms with Gasteiger partial charge in [-0.15, -0.1) is 0 Å². The van der Waals surface area contributed by atoms with Crippen molar-refractivity contribution < 1.29 is 19.4 Å². The Morgan fingerprint density at radius 2 is 2.00 bits per heavy atom. The van der Waals surface area contributed by atoms with Crippen molar-refractivity contribution in [1.29, 1.82) is 0 Å². The van der Waals surface area contributed by atoms with Gasteiger partial charge >= 0.3 is 5.97 Å². The summed E-state index contributed by atoms with van der Waals surface area (Å²) in [4.78, 5) is 21.2. The Hall–Kier alpha value is -1.46. The van der Waals surface area contributed by atoms with Crippen LogP contribution in [0.3, 0.4) is 0 Å². The monoisotopic (exact) mass is 277 g/mol. The molecule has 92 valence electrons. The van der Waals surface area contributed by atoms with Crippen molar-refractivity contribution in [3.63, 3.8) is 0 Å². The predicted octanol–water partition coefficient (Wildman–Crippen LogP) is 1.48. The van der Waals surface area contributed by atoms with Gasteiger partial charge in [-0.2, -0.15) is 0 Å². The highest BCUT2D eigenvalue weighted by Crippen LogP contribution is 2.32. The zero-order valence-corrected chi connectivity index (χ0v) is 10.1. The third-order valence-corrected chi connectivity index (χ3v) is 2.28. The van der Waals surface area contributed by atoms with Crippen LogP contribution in [0.1, 0.15) is 5.56 Å². The maximum Gasteiger partial charge on any atom is 0.307 e. The molecule has 0 saturated heterocycles. The van der Waals surface area contributed by atoms with Crippen LogP contribution in [0.15, 0.2) is 12.1 Å². The second-order valence-corrected chi connectivity index (χ2v) is 4.04. The maximum atomic E-state index is 10.6. The Kier molecular flexibility index (Phi) is 4.60. The third kappa shape index (κ3) is 4.13. The zero-order valence-electron chi connectivity index (χ0n) is 8.57. The van der Waals surface area contributed by atoms with E-state index in [9.17, 15) is 9.59 Å². The van der Waals surface area contributed by atoms with E-state index < -0.39 is 11.9 Å². The number of ether oxygens (including phenoxy) is 1. The number of halogens is 2. The number of hydrogen-bond acceptors (Lipinski definition) is 3. The van der Waals surface area contributed by atoms with Gasteiger partial charge in [-0.3, -0.25) is 9.59 Å². The van der Waals surface area contributed by atoms with E-state index in [4.69, 9.17) is 38.8 Å². The van der Waals surface area contributed by atoms with Crippen LogP contribution >= 0.6 is 23.2 Å². The number of carboxylic acids is 1. The van der Waals surface area contributed by atoms with Crippen LogP contribution in [0.2, 0.25) is 10.0 Å². The van der Waals surface area contributed by atoms with Gasteiger partial charge in [0.05, 0.1) is 11.4 Å². The number of nitrogens with two attached hydrogens (primary N) is 1. The van der Waals surface area contributed by atoms with Crippen molar-refractivity contribution in [2.24, 2.45) is 5.73 Å². The standard InChI is InChI=1S/C10H9Cl2NO4/c11-6-1-5(2-9(15)16)10(7(12)3-6)17-4-8(13)14/h1,3H,2,4H2,(H2,13,14)(H,15,16). The first-order valence-corrected chi connectivity index (χ1v) is 5.26. The van der Waals surface area contributed by atoms with E-state index in [0.29, 0.717) is 0 Å². The normalized spacial score (nSPS) is 10.0. The molecule has 0 atom stereocenters. The summed E-state index contributed by atoms with van der Waals surface area (Å²) in [5.74, 6) is -1.64. The molecule has 0 spiro atoms. The van der Waals surface area contributed by atoms with Crippen molar-refractivity contribution >= 4 is 35.1 Å². The van der Waals surface area contributed by atoms with Crippen LogP contribution in [0, 0.1) is 0 Å². The molecule has 0 bridgehead atoms. The molecule has 0 aliphatic carbocycles. The van der Waals surface area contributed by atoms with Crippen LogP contribution < -0.4 is 10.5 Å². The Labute approximate surface area is 107 Å². The highest BCUT2D eigenvalue weighted by molar-refractivity contribution is 6.35. The van der Waals surface area contributed by atoms with Crippen LogP contribution in [0.4, 0.5) is 0 Å².